The first-order valence-corrected chi connectivity index (χ1v) is 8.76. The monoisotopic (exact) mass is 406 g/mol. The molecule has 2 aromatic carbocycles. The first kappa shape index (κ1) is 18.9. The van der Waals surface area contributed by atoms with Crippen molar-refractivity contribution in [3.05, 3.63) is 103 Å². The molecular formula is C21H14N2O7. The lowest BCUT2D eigenvalue weighted by molar-refractivity contribution is 0.0443. The van der Waals surface area contributed by atoms with Gasteiger partial charge in [0.15, 0.2) is 5.75 Å². The van der Waals surface area contributed by atoms with Crippen molar-refractivity contribution in [1.29, 1.82) is 0 Å². The van der Waals surface area contributed by atoms with E-state index in [-0.39, 0.29) is 28.8 Å². The van der Waals surface area contributed by atoms with Gasteiger partial charge in [-0.2, -0.15) is 0 Å². The summed E-state index contributed by atoms with van der Waals surface area (Å²) >= 11 is 0. The number of hydrogen-bond donors (Lipinski definition) is 2. The number of H-pyrrole nitrogens is 1. The number of aromatic hydroxyl groups is 1. The number of nitrogens with zero attached hydrogens (tertiary/aromatic N) is 1. The molecule has 0 saturated heterocycles. The van der Waals surface area contributed by atoms with E-state index in [0.29, 0.717) is 5.69 Å². The Hall–Kier alpha value is -4.40. The molecule has 2 aromatic heterocycles. The van der Waals surface area contributed by atoms with Crippen molar-refractivity contribution in [2.24, 2.45) is 0 Å². The highest BCUT2D eigenvalue weighted by atomic mass is 16.5. The molecule has 0 saturated carbocycles. The van der Waals surface area contributed by atoms with Gasteiger partial charge >= 0.3 is 11.7 Å². The van der Waals surface area contributed by atoms with Crippen LogP contribution in [0.3, 0.4) is 0 Å². The van der Waals surface area contributed by atoms with Crippen LogP contribution in [0.2, 0.25) is 0 Å². The molecule has 0 aliphatic carbocycles. The van der Waals surface area contributed by atoms with Crippen molar-refractivity contribution >= 4 is 16.9 Å². The van der Waals surface area contributed by atoms with Crippen molar-refractivity contribution in [2.45, 2.75) is 6.61 Å². The summed E-state index contributed by atoms with van der Waals surface area (Å²) in [5, 5.41) is 9.39. The lowest BCUT2D eigenvalue weighted by Gasteiger charge is -2.08. The Labute approximate surface area is 167 Å². The van der Waals surface area contributed by atoms with Crippen molar-refractivity contribution in [3.8, 4) is 11.4 Å². The highest BCUT2D eigenvalue weighted by Gasteiger charge is 2.14. The average molecular weight is 406 g/mol. The van der Waals surface area contributed by atoms with Crippen LogP contribution in [0.25, 0.3) is 16.6 Å². The third-order valence-electron chi connectivity index (χ3n) is 4.36. The SMILES string of the molecule is O=C(OCc1cc(=O)c(O)co1)c1ccc2c(=O)n(-c3ccccc3)c(=O)[nH]c2c1. The molecule has 0 fully saturated rings. The van der Waals surface area contributed by atoms with E-state index in [1.165, 1.54) is 18.2 Å². The number of para-hydroxylation sites is 1. The van der Waals surface area contributed by atoms with E-state index in [1.54, 1.807) is 30.3 Å². The summed E-state index contributed by atoms with van der Waals surface area (Å²) in [7, 11) is 0. The molecule has 0 radical (unpaired) electrons. The van der Waals surface area contributed by atoms with E-state index in [1.807, 2.05) is 0 Å². The van der Waals surface area contributed by atoms with Crippen molar-refractivity contribution in [3.63, 3.8) is 0 Å². The number of esters is 1. The number of ether oxygens (including phenoxy) is 1. The predicted octanol–water partition coefficient (Wildman–Crippen LogP) is 1.69. The number of nitrogens with one attached hydrogen (secondary N) is 1. The van der Waals surface area contributed by atoms with Gasteiger partial charge in [-0.1, -0.05) is 18.2 Å². The minimum Gasteiger partial charge on any atom is -0.502 e. The molecule has 150 valence electrons. The van der Waals surface area contributed by atoms with E-state index >= 15 is 0 Å². The quantitative estimate of drug-likeness (QED) is 0.493. The standard InChI is InChI=1S/C21H14N2O7/c24-17-9-14(29-11-18(17)25)10-30-20(27)12-6-7-15-16(8-12)22-21(28)23(19(15)26)13-4-2-1-3-5-13/h1-9,11,25H,10H2,(H,22,28). The number of benzene rings is 2. The molecule has 2 N–H and O–H groups in total. The van der Waals surface area contributed by atoms with E-state index in [2.05, 4.69) is 4.98 Å². The number of fused-ring (bicyclic) bond motifs is 1. The summed E-state index contributed by atoms with van der Waals surface area (Å²) in [5.41, 5.74) is -1.13. The normalized spacial score (nSPS) is 10.8. The van der Waals surface area contributed by atoms with Gasteiger partial charge < -0.3 is 19.2 Å². The first-order valence-electron chi connectivity index (χ1n) is 8.76. The Balaban J connectivity index is 1.64. The van der Waals surface area contributed by atoms with Gasteiger partial charge in [0.1, 0.15) is 18.6 Å². The Morgan fingerprint density at radius 3 is 2.57 bits per heavy atom. The number of aromatic nitrogens is 2. The highest BCUT2D eigenvalue weighted by Crippen LogP contribution is 2.13. The van der Waals surface area contributed by atoms with Gasteiger partial charge in [-0.3, -0.25) is 9.59 Å². The zero-order valence-electron chi connectivity index (χ0n) is 15.3. The first-order chi connectivity index (χ1) is 14.4. The molecule has 2 heterocycles. The molecule has 0 bridgehead atoms. The van der Waals surface area contributed by atoms with Crippen LogP contribution in [-0.2, 0) is 11.3 Å². The summed E-state index contributed by atoms with van der Waals surface area (Å²) in [6, 6.07) is 13.6. The van der Waals surface area contributed by atoms with Crippen molar-refractivity contribution < 1.29 is 19.1 Å². The maximum Gasteiger partial charge on any atom is 0.338 e. The summed E-state index contributed by atoms with van der Waals surface area (Å²) in [6.45, 7) is -0.335. The van der Waals surface area contributed by atoms with Gasteiger partial charge in [-0.05, 0) is 30.3 Å². The van der Waals surface area contributed by atoms with Gasteiger partial charge in [0, 0.05) is 6.07 Å². The lowest BCUT2D eigenvalue weighted by atomic mass is 10.1. The summed E-state index contributed by atoms with van der Waals surface area (Å²) in [6.07, 6.45) is 0.851. The molecule has 9 nitrogen and oxygen atoms in total. The van der Waals surface area contributed by atoms with Crippen LogP contribution in [0.4, 0.5) is 0 Å². The minimum atomic E-state index is -0.749. The smallest absolute Gasteiger partial charge is 0.338 e. The summed E-state index contributed by atoms with van der Waals surface area (Å²) < 4.78 is 11.1. The summed E-state index contributed by atoms with van der Waals surface area (Å²) in [4.78, 5) is 51.5. The van der Waals surface area contributed by atoms with Crippen LogP contribution in [-0.4, -0.2) is 20.6 Å². The summed E-state index contributed by atoms with van der Waals surface area (Å²) in [5.74, 6) is -1.25. The van der Waals surface area contributed by atoms with Gasteiger partial charge in [0.2, 0.25) is 5.43 Å². The van der Waals surface area contributed by atoms with Gasteiger partial charge in [-0.15, -0.1) is 0 Å². The number of carbonyl (C=O) groups is 1. The van der Waals surface area contributed by atoms with E-state index in [0.717, 1.165) is 16.9 Å². The minimum absolute atomic E-state index is 0.0473. The number of hydrogen-bond acceptors (Lipinski definition) is 7. The molecule has 0 amide bonds. The number of rotatable bonds is 4. The molecular weight excluding hydrogens is 392 g/mol. The second-order valence-corrected chi connectivity index (χ2v) is 6.34. The second kappa shape index (κ2) is 7.55. The van der Waals surface area contributed by atoms with Crippen LogP contribution >= 0.6 is 0 Å². The zero-order chi connectivity index (χ0) is 21.3. The molecule has 9 heteroatoms. The maximum absolute atomic E-state index is 12.8. The van der Waals surface area contributed by atoms with Crippen LogP contribution in [0, 0.1) is 0 Å². The van der Waals surface area contributed by atoms with Crippen LogP contribution in [0.15, 0.2) is 79.7 Å². The van der Waals surface area contributed by atoms with Gasteiger partial charge in [0.25, 0.3) is 5.56 Å². The fourth-order valence-electron chi connectivity index (χ4n) is 2.90. The molecule has 0 aliphatic rings. The maximum atomic E-state index is 12.8. The van der Waals surface area contributed by atoms with Crippen LogP contribution in [0.1, 0.15) is 16.1 Å². The molecule has 0 unspecified atom stereocenters. The van der Waals surface area contributed by atoms with E-state index in [4.69, 9.17) is 14.3 Å². The van der Waals surface area contributed by atoms with Crippen LogP contribution in [0.5, 0.6) is 5.75 Å². The molecule has 4 rings (SSSR count). The number of carbonyl (C=O) groups excluding carboxylic acids is 1. The molecule has 4 aromatic rings. The fourth-order valence-corrected chi connectivity index (χ4v) is 2.90. The Bertz CT molecular complexity index is 1430. The van der Waals surface area contributed by atoms with Crippen molar-refractivity contribution in [2.75, 3.05) is 0 Å². The van der Waals surface area contributed by atoms with E-state index < -0.39 is 28.4 Å². The fraction of sp³-hybridized carbons (Fsp3) is 0.0476. The number of aromatic amines is 1. The van der Waals surface area contributed by atoms with Gasteiger partial charge in [0.05, 0.1) is 22.2 Å². The predicted molar refractivity (Wildman–Crippen MR) is 106 cm³/mol. The largest absolute Gasteiger partial charge is 0.502 e. The zero-order valence-corrected chi connectivity index (χ0v) is 15.3. The average Bonchev–Trinajstić information content (AvgIpc) is 2.74. The highest BCUT2D eigenvalue weighted by molar-refractivity contribution is 5.94. The Morgan fingerprint density at radius 1 is 1.07 bits per heavy atom. The molecule has 0 spiro atoms. The lowest BCUT2D eigenvalue weighted by Crippen LogP contribution is -2.33. The third-order valence-corrected chi connectivity index (χ3v) is 4.36. The molecule has 0 aliphatic heterocycles. The third kappa shape index (κ3) is 3.51. The molecule has 30 heavy (non-hydrogen) atoms. The van der Waals surface area contributed by atoms with Crippen molar-refractivity contribution in [1.82, 2.24) is 9.55 Å². The second-order valence-electron chi connectivity index (χ2n) is 6.34. The van der Waals surface area contributed by atoms with E-state index in [9.17, 15) is 19.2 Å². The molecule has 0 atom stereocenters. The van der Waals surface area contributed by atoms with Crippen LogP contribution < -0.4 is 16.7 Å². The Kier molecular flexibility index (Phi) is 4.77. The topological polar surface area (TPSA) is 132 Å². The van der Waals surface area contributed by atoms with Gasteiger partial charge in [-0.25, -0.2) is 14.2 Å². The Morgan fingerprint density at radius 2 is 1.83 bits per heavy atom.